The van der Waals surface area contributed by atoms with Crippen LogP contribution in [-0.4, -0.2) is 34.6 Å². The van der Waals surface area contributed by atoms with Crippen molar-refractivity contribution in [1.29, 1.82) is 0 Å². The Kier molecular flexibility index (Phi) is 4.59. The topological polar surface area (TPSA) is 95.2 Å². The van der Waals surface area contributed by atoms with Gasteiger partial charge in [0.1, 0.15) is 0 Å². The molecule has 1 aromatic carbocycles. The van der Waals surface area contributed by atoms with Crippen molar-refractivity contribution in [3.63, 3.8) is 0 Å². The van der Waals surface area contributed by atoms with E-state index >= 15 is 0 Å². The van der Waals surface area contributed by atoms with Crippen LogP contribution in [0.2, 0.25) is 5.02 Å². The summed E-state index contributed by atoms with van der Waals surface area (Å²) in [6, 6.07) is 4.08. The number of benzene rings is 1. The van der Waals surface area contributed by atoms with Crippen molar-refractivity contribution in [3.05, 3.63) is 23.2 Å². The van der Waals surface area contributed by atoms with Gasteiger partial charge in [-0.2, -0.15) is 0 Å². The molecule has 1 fully saturated rings. The molecule has 0 spiro atoms. The van der Waals surface area contributed by atoms with Crippen molar-refractivity contribution >= 4 is 35.0 Å². The molecule has 0 radical (unpaired) electrons. The molecule has 2 atom stereocenters. The molecule has 7 heteroatoms. The van der Waals surface area contributed by atoms with Crippen LogP contribution in [0, 0.1) is 0 Å². The van der Waals surface area contributed by atoms with E-state index in [0.717, 1.165) is 0 Å². The lowest BCUT2D eigenvalue weighted by molar-refractivity contribution is -0.922. The van der Waals surface area contributed by atoms with Crippen LogP contribution in [0.5, 0.6) is 0 Å². The Hall–Kier alpha value is -1.79. The number of anilines is 2. The number of halogens is 1. The molecule has 3 N–H and O–H groups in total. The fraction of sp³-hybridized carbons (Fsp3) is 0.500. The number of nitrogens with two attached hydrogens (primary N) is 1. The number of hydrogen-bond donors (Lipinski definition) is 2. The summed E-state index contributed by atoms with van der Waals surface area (Å²) in [6.07, 6.45) is -0.0579. The van der Waals surface area contributed by atoms with Gasteiger partial charge in [0, 0.05) is 18.5 Å². The standard InChI is InChI=1S/C16H22ClN3O3/c1-16(2,3)20(15(22)23)8-4-5-13(20)14(21)19-10-6-7-11(17)12(18)9-10/h6-7,9,13H,4-5,8,18H2,1-3H3,(H-,19,21,22,23)/t13-,20?/m0/s1. The molecule has 0 aliphatic carbocycles. The van der Waals surface area contributed by atoms with Gasteiger partial charge in [-0.15, -0.1) is 0 Å². The van der Waals surface area contributed by atoms with E-state index in [1.165, 1.54) is 0 Å². The van der Waals surface area contributed by atoms with E-state index in [9.17, 15) is 14.7 Å². The van der Waals surface area contributed by atoms with E-state index in [1.807, 2.05) is 20.8 Å². The second-order valence-corrected chi connectivity index (χ2v) is 7.32. The summed E-state index contributed by atoms with van der Waals surface area (Å²) in [5.74, 6) is -0.344. The Bertz CT molecular complexity index is 642. The molecule has 23 heavy (non-hydrogen) atoms. The monoisotopic (exact) mass is 339 g/mol. The quantitative estimate of drug-likeness (QED) is 0.636. The molecular formula is C16H22ClN3O3. The number of hydrogen-bond acceptors (Lipinski definition) is 4. The van der Waals surface area contributed by atoms with Crippen molar-refractivity contribution < 1.29 is 19.2 Å². The van der Waals surface area contributed by atoms with Gasteiger partial charge >= 0.3 is 0 Å². The lowest BCUT2D eigenvalue weighted by Crippen LogP contribution is -2.71. The average molecular weight is 340 g/mol. The summed E-state index contributed by atoms with van der Waals surface area (Å²) in [5.41, 5.74) is 5.94. The van der Waals surface area contributed by atoms with E-state index in [4.69, 9.17) is 17.3 Å². The number of quaternary nitrogens is 1. The maximum Gasteiger partial charge on any atom is 0.283 e. The Morgan fingerprint density at radius 3 is 2.57 bits per heavy atom. The fourth-order valence-corrected chi connectivity index (χ4v) is 3.50. The number of nitrogen functional groups attached to an aromatic ring is 1. The van der Waals surface area contributed by atoms with Crippen molar-refractivity contribution in [2.45, 2.75) is 45.2 Å². The number of carboxylic acid groups (broad SMARTS) is 1. The molecule has 0 saturated carbocycles. The van der Waals surface area contributed by atoms with Crippen molar-refractivity contribution in [1.82, 2.24) is 0 Å². The highest BCUT2D eigenvalue weighted by Gasteiger charge is 2.55. The van der Waals surface area contributed by atoms with Crippen LogP contribution < -0.4 is 16.2 Å². The number of likely N-dealkylation sites (tertiary alicyclic amines) is 1. The van der Waals surface area contributed by atoms with Gasteiger partial charge in [-0.05, 0) is 39.0 Å². The Balaban J connectivity index is 2.30. The van der Waals surface area contributed by atoms with Crippen molar-refractivity contribution in [2.75, 3.05) is 17.6 Å². The predicted molar refractivity (Wildman–Crippen MR) is 87.8 cm³/mol. The number of amides is 2. The minimum absolute atomic E-state index is 0.344. The van der Waals surface area contributed by atoms with E-state index in [-0.39, 0.29) is 10.4 Å². The molecule has 0 bridgehead atoms. The zero-order valence-electron chi connectivity index (χ0n) is 13.6. The van der Waals surface area contributed by atoms with Crippen LogP contribution in [0.15, 0.2) is 18.2 Å². The summed E-state index contributed by atoms with van der Waals surface area (Å²) in [6.45, 7) is 5.82. The Morgan fingerprint density at radius 2 is 2.04 bits per heavy atom. The van der Waals surface area contributed by atoms with Gasteiger partial charge in [-0.1, -0.05) is 11.6 Å². The van der Waals surface area contributed by atoms with Gasteiger partial charge in [0.2, 0.25) is 0 Å². The van der Waals surface area contributed by atoms with Gasteiger partial charge < -0.3 is 21.0 Å². The minimum atomic E-state index is -1.22. The molecular weight excluding hydrogens is 318 g/mol. The lowest BCUT2D eigenvalue weighted by Gasteiger charge is -2.48. The first-order valence-corrected chi connectivity index (χ1v) is 7.92. The highest BCUT2D eigenvalue weighted by Crippen LogP contribution is 2.37. The number of carbonyl (C=O) groups excluding carboxylic acids is 2. The molecule has 1 aliphatic heterocycles. The molecule has 126 valence electrons. The maximum atomic E-state index is 12.7. The Morgan fingerprint density at radius 1 is 1.39 bits per heavy atom. The fourth-order valence-electron chi connectivity index (χ4n) is 3.38. The van der Waals surface area contributed by atoms with Crippen molar-refractivity contribution in [3.8, 4) is 0 Å². The first-order chi connectivity index (χ1) is 10.6. The summed E-state index contributed by atoms with van der Waals surface area (Å²) < 4.78 is -0.373. The van der Waals surface area contributed by atoms with E-state index in [1.54, 1.807) is 18.2 Å². The van der Waals surface area contributed by atoms with Crippen molar-refractivity contribution in [2.24, 2.45) is 0 Å². The molecule has 1 saturated heterocycles. The second-order valence-electron chi connectivity index (χ2n) is 6.91. The van der Waals surface area contributed by atoms with E-state index in [0.29, 0.717) is 35.8 Å². The van der Waals surface area contributed by atoms with Gasteiger partial charge in [0.15, 0.2) is 6.04 Å². The highest BCUT2D eigenvalue weighted by atomic mass is 35.5. The van der Waals surface area contributed by atoms with Crippen LogP contribution in [0.25, 0.3) is 0 Å². The van der Waals surface area contributed by atoms with Gasteiger partial charge in [0.05, 0.1) is 22.8 Å². The minimum Gasteiger partial charge on any atom is -0.498 e. The van der Waals surface area contributed by atoms with Crippen LogP contribution in [0.1, 0.15) is 33.6 Å². The predicted octanol–water partition coefficient (Wildman–Crippen LogP) is 1.98. The third-order valence-electron chi connectivity index (χ3n) is 4.61. The van der Waals surface area contributed by atoms with Gasteiger partial charge in [-0.3, -0.25) is 9.28 Å². The molecule has 2 amide bonds. The largest absolute Gasteiger partial charge is 0.498 e. The van der Waals surface area contributed by atoms with E-state index < -0.39 is 17.7 Å². The summed E-state index contributed by atoms with van der Waals surface area (Å²) in [7, 11) is 0. The third-order valence-corrected chi connectivity index (χ3v) is 4.95. The van der Waals surface area contributed by atoms with Crippen LogP contribution >= 0.6 is 11.6 Å². The number of nitrogens with zero attached hydrogens (tertiary/aromatic N) is 1. The highest BCUT2D eigenvalue weighted by molar-refractivity contribution is 6.33. The third kappa shape index (κ3) is 3.01. The van der Waals surface area contributed by atoms with E-state index in [2.05, 4.69) is 5.32 Å². The number of rotatable bonds is 2. The summed E-state index contributed by atoms with van der Waals surface area (Å²) >= 11 is 5.86. The summed E-state index contributed by atoms with van der Waals surface area (Å²) in [5, 5.41) is 15.0. The van der Waals surface area contributed by atoms with Gasteiger partial charge in [0.25, 0.3) is 12.0 Å². The van der Waals surface area contributed by atoms with Crippen LogP contribution in [0.4, 0.5) is 16.2 Å². The molecule has 0 aromatic heterocycles. The summed E-state index contributed by atoms with van der Waals surface area (Å²) in [4.78, 5) is 24.6. The molecule has 1 aromatic rings. The molecule has 1 aliphatic rings. The van der Waals surface area contributed by atoms with Crippen LogP contribution in [-0.2, 0) is 4.79 Å². The second kappa shape index (κ2) is 6.02. The zero-order valence-corrected chi connectivity index (χ0v) is 14.3. The zero-order chi connectivity index (χ0) is 17.4. The first kappa shape index (κ1) is 17.6. The molecule has 2 rings (SSSR count). The molecule has 1 unspecified atom stereocenters. The lowest BCUT2D eigenvalue weighted by atomic mass is 9.99. The first-order valence-electron chi connectivity index (χ1n) is 7.55. The molecule has 6 nitrogen and oxygen atoms in total. The average Bonchev–Trinajstić information content (AvgIpc) is 2.88. The smallest absolute Gasteiger partial charge is 0.283 e. The van der Waals surface area contributed by atoms with Gasteiger partial charge in [-0.25, -0.2) is 0 Å². The maximum absolute atomic E-state index is 12.7. The van der Waals surface area contributed by atoms with Crippen LogP contribution in [0.3, 0.4) is 0 Å². The number of carbonyl (C=O) groups is 2. The molecule has 1 heterocycles. The normalized spacial score (nSPS) is 24.4. The Labute approximate surface area is 140 Å². The SMILES string of the molecule is CC(C)(C)[N+]1(C(=O)[O-])CCC[C@H]1C(=O)Nc1ccc(Cl)c(N)c1. The number of nitrogens with one attached hydrogen (secondary N) is 1.